The van der Waals surface area contributed by atoms with Crippen molar-refractivity contribution in [2.45, 2.75) is 13.0 Å². The Labute approximate surface area is 241 Å². The molecular weight excluding hydrogens is 632 g/mol. The van der Waals surface area contributed by atoms with Crippen LogP contribution in [0.1, 0.15) is 11.1 Å². The number of carbonyl (C=O) groups is 1. The molecular formula is C30H21Br2ClN2O3. The van der Waals surface area contributed by atoms with Gasteiger partial charge >= 0.3 is 5.97 Å². The summed E-state index contributed by atoms with van der Waals surface area (Å²) in [4.78, 5) is 11.5. The lowest BCUT2D eigenvalue weighted by Crippen LogP contribution is -2.03. The van der Waals surface area contributed by atoms with Gasteiger partial charge < -0.3 is 9.84 Å². The molecule has 0 spiro atoms. The Morgan fingerprint density at radius 3 is 2.37 bits per heavy atom. The van der Waals surface area contributed by atoms with Crippen molar-refractivity contribution in [1.29, 1.82) is 0 Å². The minimum absolute atomic E-state index is 0.105. The summed E-state index contributed by atoms with van der Waals surface area (Å²) in [5.74, 6) is -0.308. The lowest BCUT2D eigenvalue weighted by atomic mass is 10.0. The van der Waals surface area contributed by atoms with Crippen LogP contribution in [0.2, 0.25) is 5.02 Å². The van der Waals surface area contributed by atoms with E-state index in [-0.39, 0.29) is 6.42 Å². The smallest absolute Gasteiger partial charge is 0.307 e. The summed E-state index contributed by atoms with van der Waals surface area (Å²) in [5, 5.41) is 15.0. The predicted molar refractivity (Wildman–Crippen MR) is 157 cm³/mol. The van der Waals surface area contributed by atoms with Crippen molar-refractivity contribution in [3.05, 3.63) is 122 Å². The van der Waals surface area contributed by atoms with E-state index in [2.05, 4.69) is 31.9 Å². The molecule has 0 fully saturated rings. The second-order valence-electron chi connectivity index (χ2n) is 8.64. The van der Waals surface area contributed by atoms with E-state index in [4.69, 9.17) is 21.4 Å². The van der Waals surface area contributed by atoms with Gasteiger partial charge in [0, 0.05) is 25.1 Å². The Morgan fingerprint density at radius 2 is 1.63 bits per heavy atom. The average molecular weight is 653 g/mol. The van der Waals surface area contributed by atoms with Crippen LogP contribution < -0.4 is 4.74 Å². The molecule has 0 aliphatic carbocycles. The summed E-state index contributed by atoms with van der Waals surface area (Å²) < 4.78 is 9.99. The zero-order valence-corrected chi connectivity index (χ0v) is 23.9. The van der Waals surface area contributed by atoms with Crippen LogP contribution in [0, 0.1) is 0 Å². The molecule has 0 saturated carbocycles. The van der Waals surface area contributed by atoms with Gasteiger partial charge in [-0.2, -0.15) is 5.10 Å². The number of halogens is 3. The molecule has 0 atom stereocenters. The van der Waals surface area contributed by atoms with E-state index in [0.717, 1.165) is 31.5 Å². The standard InChI is InChI=1S/C30H21Br2ClN2O3/c31-22-6-2-5-21(15-22)28-17-27(34-35(28)25-9-3-7-23(32)16-25)26-13-19(14-30(36)37)10-11-29(26)38-18-20-4-1-8-24(33)12-20/h1-13,15-17H,14,18H2,(H,36,37). The number of aromatic nitrogens is 2. The van der Waals surface area contributed by atoms with E-state index in [0.29, 0.717) is 34.2 Å². The van der Waals surface area contributed by atoms with E-state index in [1.54, 1.807) is 12.1 Å². The summed E-state index contributed by atoms with van der Waals surface area (Å²) in [6.07, 6.45) is -0.105. The highest BCUT2D eigenvalue weighted by atomic mass is 79.9. The van der Waals surface area contributed by atoms with E-state index in [1.807, 2.05) is 89.6 Å². The number of benzene rings is 4. The number of hydrogen-bond acceptors (Lipinski definition) is 3. The van der Waals surface area contributed by atoms with Crippen LogP contribution in [0.3, 0.4) is 0 Å². The normalized spacial score (nSPS) is 10.9. The molecule has 0 aliphatic heterocycles. The molecule has 8 heteroatoms. The first-order chi connectivity index (χ1) is 18.4. The quantitative estimate of drug-likeness (QED) is 0.182. The first-order valence-electron chi connectivity index (χ1n) is 11.7. The minimum atomic E-state index is -0.905. The molecule has 0 bridgehead atoms. The Bertz CT molecular complexity index is 1570. The number of carboxylic acids is 1. The highest BCUT2D eigenvalue weighted by Crippen LogP contribution is 2.36. The van der Waals surface area contributed by atoms with E-state index < -0.39 is 5.97 Å². The highest BCUT2D eigenvalue weighted by molar-refractivity contribution is 9.10. The fourth-order valence-corrected chi connectivity index (χ4v) is 5.15. The van der Waals surface area contributed by atoms with Crippen molar-refractivity contribution in [3.63, 3.8) is 0 Å². The maximum Gasteiger partial charge on any atom is 0.307 e. The van der Waals surface area contributed by atoms with Gasteiger partial charge in [0.2, 0.25) is 0 Å². The van der Waals surface area contributed by atoms with Crippen molar-refractivity contribution < 1.29 is 14.6 Å². The van der Waals surface area contributed by atoms with E-state index >= 15 is 0 Å². The molecule has 1 heterocycles. The lowest BCUT2D eigenvalue weighted by Gasteiger charge is -2.12. The molecule has 38 heavy (non-hydrogen) atoms. The molecule has 1 aromatic heterocycles. The average Bonchev–Trinajstić information content (AvgIpc) is 3.33. The van der Waals surface area contributed by atoms with Crippen LogP contribution in [-0.4, -0.2) is 20.9 Å². The molecule has 4 aromatic carbocycles. The fraction of sp³-hybridized carbons (Fsp3) is 0.0667. The molecule has 0 unspecified atom stereocenters. The fourth-order valence-electron chi connectivity index (χ4n) is 4.15. The Balaban J connectivity index is 1.63. The van der Waals surface area contributed by atoms with Gasteiger partial charge in [0.15, 0.2) is 0 Å². The Kier molecular flexibility index (Phi) is 7.98. The number of hydrogen-bond donors (Lipinski definition) is 1. The number of rotatable bonds is 8. The van der Waals surface area contributed by atoms with Crippen LogP contribution in [-0.2, 0) is 17.8 Å². The molecule has 5 nitrogen and oxygen atoms in total. The van der Waals surface area contributed by atoms with Crippen molar-refractivity contribution in [1.82, 2.24) is 9.78 Å². The van der Waals surface area contributed by atoms with Crippen LogP contribution in [0.15, 0.2) is 106 Å². The maximum absolute atomic E-state index is 11.5. The molecule has 5 aromatic rings. The van der Waals surface area contributed by atoms with Crippen LogP contribution in [0.4, 0.5) is 0 Å². The van der Waals surface area contributed by atoms with Gasteiger partial charge in [-0.1, -0.05) is 79.9 Å². The van der Waals surface area contributed by atoms with Crippen molar-refractivity contribution in [2.75, 3.05) is 0 Å². The third-order valence-electron chi connectivity index (χ3n) is 5.84. The van der Waals surface area contributed by atoms with Crippen molar-refractivity contribution in [3.8, 4) is 34.0 Å². The molecule has 0 radical (unpaired) electrons. The first-order valence-corrected chi connectivity index (χ1v) is 13.7. The number of ether oxygens (including phenoxy) is 1. The number of aliphatic carboxylic acids is 1. The van der Waals surface area contributed by atoms with E-state index in [1.165, 1.54) is 0 Å². The Hall–Kier alpha value is -3.39. The van der Waals surface area contributed by atoms with Crippen LogP contribution in [0.25, 0.3) is 28.2 Å². The second-order valence-corrected chi connectivity index (χ2v) is 10.9. The maximum atomic E-state index is 11.5. The summed E-state index contributed by atoms with van der Waals surface area (Å²) >= 11 is 13.3. The molecule has 0 amide bonds. The third kappa shape index (κ3) is 6.18. The zero-order valence-electron chi connectivity index (χ0n) is 19.9. The number of nitrogens with zero attached hydrogens (tertiary/aromatic N) is 2. The minimum Gasteiger partial charge on any atom is -0.488 e. The molecule has 0 saturated heterocycles. The van der Waals surface area contributed by atoms with Crippen molar-refractivity contribution >= 4 is 49.4 Å². The summed E-state index contributed by atoms with van der Waals surface area (Å²) in [6, 6.07) is 30.8. The van der Waals surface area contributed by atoms with Gasteiger partial charge in [-0.3, -0.25) is 4.79 Å². The van der Waals surface area contributed by atoms with Crippen molar-refractivity contribution in [2.24, 2.45) is 0 Å². The van der Waals surface area contributed by atoms with Crippen LogP contribution >= 0.6 is 43.5 Å². The highest BCUT2D eigenvalue weighted by Gasteiger charge is 2.18. The van der Waals surface area contributed by atoms with Gasteiger partial charge in [0.05, 0.1) is 23.5 Å². The molecule has 5 rings (SSSR count). The van der Waals surface area contributed by atoms with Crippen LogP contribution in [0.5, 0.6) is 5.75 Å². The third-order valence-corrected chi connectivity index (χ3v) is 7.06. The Morgan fingerprint density at radius 1 is 0.868 bits per heavy atom. The predicted octanol–water partition coefficient (Wildman–Crippen LogP) is 8.59. The molecule has 0 aliphatic rings. The monoisotopic (exact) mass is 650 g/mol. The number of carboxylic acid groups (broad SMARTS) is 1. The van der Waals surface area contributed by atoms with Gasteiger partial charge in [-0.15, -0.1) is 0 Å². The molecule has 1 N–H and O–H groups in total. The first kappa shape index (κ1) is 26.2. The topological polar surface area (TPSA) is 64.3 Å². The lowest BCUT2D eigenvalue weighted by molar-refractivity contribution is -0.136. The van der Waals surface area contributed by atoms with Gasteiger partial charge in [0.25, 0.3) is 0 Å². The van der Waals surface area contributed by atoms with Gasteiger partial charge in [0.1, 0.15) is 12.4 Å². The van der Waals surface area contributed by atoms with E-state index in [9.17, 15) is 9.90 Å². The zero-order chi connectivity index (χ0) is 26.6. The van der Waals surface area contributed by atoms with Gasteiger partial charge in [-0.05, 0) is 71.8 Å². The largest absolute Gasteiger partial charge is 0.488 e. The van der Waals surface area contributed by atoms with Gasteiger partial charge in [-0.25, -0.2) is 4.68 Å². The SMILES string of the molecule is O=C(O)Cc1ccc(OCc2cccc(Cl)c2)c(-c2cc(-c3cccc(Br)c3)n(-c3cccc(Br)c3)n2)c1. The summed E-state index contributed by atoms with van der Waals surface area (Å²) in [7, 11) is 0. The molecule has 190 valence electrons. The second kappa shape index (κ2) is 11.6. The summed E-state index contributed by atoms with van der Waals surface area (Å²) in [6.45, 7) is 0.302. The summed E-state index contributed by atoms with van der Waals surface area (Å²) in [5.41, 5.74) is 5.67.